The summed E-state index contributed by atoms with van der Waals surface area (Å²) in [5.41, 5.74) is 2.76. The molecule has 6 heteroatoms. The van der Waals surface area contributed by atoms with Crippen molar-refractivity contribution in [1.29, 1.82) is 0 Å². The maximum atomic E-state index is 13.7. The van der Waals surface area contributed by atoms with E-state index in [2.05, 4.69) is 10.5 Å². The number of aromatic hydroxyl groups is 1. The highest BCUT2D eigenvalue weighted by Crippen LogP contribution is 2.14. The molecule has 1 amide bonds. The van der Waals surface area contributed by atoms with E-state index in [4.69, 9.17) is 0 Å². The van der Waals surface area contributed by atoms with Gasteiger partial charge in [-0.2, -0.15) is 5.10 Å². The third-order valence-electron chi connectivity index (χ3n) is 2.98. The molecule has 0 aliphatic carbocycles. The first-order valence-electron chi connectivity index (χ1n) is 6.52. The molecule has 0 bridgehead atoms. The van der Waals surface area contributed by atoms with Crippen LogP contribution in [0.2, 0.25) is 0 Å². The quantitative estimate of drug-likeness (QED) is 0.674. The van der Waals surface area contributed by atoms with E-state index in [1.807, 2.05) is 0 Å². The Hall–Kier alpha value is -2.76. The molecule has 2 N–H and O–H groups in total. The molecule has 2 rings (SSSR count). The lowest BCUT2D eigenvalue weighted by Gasteiger charge is -2.03. The van der Waals surface area contributed by atoms with Crippen molar-refractivity contribution < 1.29 is 18.7 Å². The number of amides is 1. The van der Waals surface area contributed by atoms with Crippen LogP contribution >= 0.6 is 0 Å². The van der Waals surface area contributed by atoms with Gasteiger partial charge in [0.15, 0.2) is 0 Å². The van der Waals surface area contributed by atoms with Crippen molar-refractivity contribution >= 4 is 12.1 Å². The Labute approximate surface area is 126 Å². The number of halogens is 2. The summed E-state index contributed by atoms with van der Waals surface area (Å²) in [6.07, 6.45) is 0.919. The van der Waals surface area contributed by atoms with Gasteiger partial charge in [0.1, 0.15) is 17.4 Å². The van der Waals surface area contributed by atoms with Crippen LogP contribution in [0.5, 0.6) is 5.75 Å². The highest BCUT2D eigenvalue weighted by atomic mass is 19.1. The SMILES string of the molecule is Cc1ccc(F)c(/C=N/NC(=O)Cc2cccc(O)c2)c1F. The highest BCUT2D eigenvalue weighted by Gasteiger charge is 2.09. The van der Waals surface area contributed by atoms with Crippen LogP contribution in [-0.2, 0) is 11.2 Å². The number of benzene rings is 2. The highest BCUT2D eigenvalue weighted by molar-refractivity contribution is 5.84. The minimum atomic E-state index is -0.755. The molecule has 0 atom stereocenters. The van der Waals surface area contributed by atoms with Crippen LogP contribution in [-0.4, -0.2) is 17.2 Å². The summed E-state index contributed by atoms with van der Waals surface area (Å²) in [6.45, 7) is 1.51. The number of carbonyl (C=O) groups excluding carboxylic acids is 1. The van der Waals surface area contributed by atoms with E-state index in [0.717, 1.165) is 12.3 Å². The number of hydrogen-bond donors (Lipinski definition) is 2. The summed E-state index contributed by atoms with van der Waals surface area (Å²) >= 11 is 0. The van der Waals surface area contributed by atoms with Crippen LogP contribution in [0.1, 0.15) is 16.7 Å². The van der Waals surface area contributed by atoms with Gasteiger partial charge in [-0.15, -0.1) is 0 Å². The first kappa shape index (κ1) is 15.6. The lowest BCUT2D eigenvalue weighted by molar-refractivity contribution is -0.120. The Bertz CT molecular complexity index is 730. The Morgan fingerprint density at radius 1 is 1.32 bits per heavy atom. The van der Waals surface area contributed by atoms with E-state index in [-0.39, 0.29) is 23.3 Å². The van der Waals surface area contributed by atoms with Crippen molar-refractivity contribution in [2.75, 3.05) is 0 Å². The molecule has 2 aromatic carbocycles. The number of nitrogens with zero attached hydrogens (tertiary/aromatic N) is 1. The van der Waals surface area contributed by atoms with Crippen LogP contribution in [0.3, 0.4) is 0 Å². The largest absolute Gasteiger partial charge is 0.508 e. The molecule has 0 radical (unpaired) electrons. The van der Waals surface area contributed by atoms with Crippen LogP contribution in [0.15, 0.2) is 41.5 Å². The zero-order valence-electron chi connectivity index (χ0n) is 11.8. The molecule has 0 spiro atoms. The van der Waals surface area contributed by atoms with Gasteiger partial charge in [0.2, 0.25) is 5.91 Å². The van der Waals surface area contributed by atoms with Crippen LogP contribution in [0.25, 0.3) is 0 Å². The molecule has 0 unspecified atom stereocenters. The second-order valence-corrected chi connectivity index (χ2v) is 4.73. The van der Waals surface area contributed by atoms with Crippen molar-refractivity contribution in [3.05, 3.63) is 64.7 Å². The van der Waals surface area contributed by atoms with E-state index >= 15 is 0 Å². The Kier molecular flexibility index (Phi) is 4.83. The lowest BCUT2D eigenvalue weighted by atomic mass is 10.1. The van der Waals surface area contributed by atoms with Gasteiger partial charge in [-0.1, -0.05) is 18.2 Å². The van der Waals surface area contributed by atoms with Crippen molar-refractivity contribution in [2.24, 2.45) is 5.10 Å². The molecular weight excluding hydrogens is 290 g/mol. The summed E-state index contributed by atoms with van der Waals surface area (Å²) in [6, 6.07) is 8.67. The fraction of sp³-hybridized carbons (Fsp3) is 0.125. The average Bonchev–Trinajstić information content (AvgIpc) is 2.47. The molecule has 22 heavy (non-hydrogen) atoms. The molecule has 4 nitrogen and oxygen atoms in total. The van der Waals surface area contributed by atoms with Gasteiger partial charge < -0.3 is 5.11 Å². The Balaban J connectivity index is 2.01. The van der Waals surface area contributed by atoms with E-state index in [0.29, 0.717) is 5.56 Å². The van der Waals surface area contributed by atoms with E-state index in [1.165, 1.54) is 25.1 Å². The van der Waals surface area contributed by atoms with Crippen molar-refractivity contribution in [3.8, 4) is 5.75 Å². The normalized spacial score (nSPS) is 10.9. The topological polar surface area (TPSA) is 61.7 Å². The summed E-state index contributed by atoms with van der Waals surface area (Å²) in [4.78, 5) is 11.7. The number of phenols is 1. The zero-order valence-corrected chi connectivity index (χ0v) is 11.8. The second kappa shape index (κ2) is 6.80. The Morgan fingerprint density at radius 2 is 2.09 bits per heavy atom. The van der Waals surface area contributed by atoms with Crippen molar-refractivity contribution in [2.45, 2.75) is 13.3 Å². The van der Waals surface area contributed by atoms with E-state index < -0.39 is 17.5 Å². The fourth-order valence-electron chi connectivity index (χ4n) is 1.86. The maximum Gasteiger partial charge on any atom is 0.244 e. The number of carbonyl (C=O) groups is 1. The molecule has 0 fully saturated rings. The smallest absolute Gasteiger partial charge is 0.244 e. The van der Waals surface area contributed by atoms with E-state index in [9.17, 15) is 18.7 Å². The standard InChI is InChI=1S/C16H14F2N2O2/c1-10-5-6-14(17)13(16(10)18)9-19-20-15(22)8-11-3-2-4-12(21)7-11/h2-7,9,21H,8H2,1H3,(H,20,22)/b19-9+. The first-order chi connectivity index (χ1) is 10.5. The predicted octanol–water partition coefficient (Wildman–Crippen LogP) is 2.67. The number of hydrazone groups is 1. The minimum absolute atomic E-state index is 0.00940. The molecule has 0 aromatic heterocycles. The molecule has 114 valence electrons. The summed E-state index contributed by atoms with van der Waals surface area (Å²) < 4.78 is 27.2. The van der Waals surface area contributed by atoms with Gasteiger partial charge >= 0.3 is 0 Å². The van der Waals surface area contributed by atoms with Gasteiger partial charge in [0, 0.05) is 0 Å². The summed E-state index contributed by atoms with van der Waals surface area (Å²) in [7, 11) is 0. The fourth-order valence-corrected chi connectivity index (χ4v) is 1.86. The Morgan fingerprint density at radius 3 is 2.82 bits per heavy atom. The van der Waals surface area contributed by atoms with Crippen LogP contribution in [0, 0.1) is 18.6 Å². The molecule has 0 heterocycles. The number of rotatable bonds is 4. The van der Waals surface area contributed by atoms with Crippen LogP contribution < -0.4 is 5.43 Å². The van der Waals surface area contributed by atoms with Gasteiger partial charge in [-0.05, 0) is 36.2 Å². The maximum absolute atomic E-state index is 13.7. The summed E-state index contributed by atoms with van der Waals surface area (Å²) in [5.74, 6) is -1.88. The second-order valence-electron chi connectivity index (χ2n) is 4.73. The van der Waals surface area contributed by atoms with Gasteiger partial charge in [0.05, 0.1) is 18.2 Å². The first-order valence-corrected chi connectivity index (χ1v) is 6.52. The number of phenolic OH excluding ortho intramolecular Hbond substituents is 1. The molecular formula is C16H14F2N2O2. The van der Waals surface area contributed by atoms with Crippen molar-refractivity contribution in [3.63, 3.8) is 0 Å². The molecule has 2 aromatic rings. The van der Waals surface area contributed by atoms with Gasteiger partial charge in [0.25, 0.3) is 0 Å². The minimum Gasteiger partial charge on any atom is -0.508 e. The molecule has 0 aliphatic heterocycles. The average molecular weight is 304 g/mol. The van der Waals surface area contributed by atoms with Crippen molar-refractivity contribution in [1.82, 2.24) is 5.43 Å². The van der Waals surface area contributed by atoms with E-state index in [1.54, 1.807) is 12.1 Å². The third-order valence-corrected chi connectivity index (χ3v) is 2.98. The molecule has 0 saturated carbocycles. The number of aryl methyl sites for hydroxylation is 1. The van der Waals surface area contributed by atoms with Gasteiger partial charge in [-0.25, -0.2) is 14.2 Å². The number of nitrogens with one attached hydrogen (secondary N) is 1. The number of hydrogen-bond acceptors (Lipinski definition) is 3. The third kappa shape index (κ3) is 3.88. The monoisotopic (exact) mass is 304 g/mol. The molecule has 0 aliphatic rings. The summed E-state index contributed by atoms with van der Waals surface area (Å²) in [5, 5.41) is 12.8. The lowest BCUT2D eigenvalue weighted by Crippen LogP contribution is -2.20. The molecule has 0 saturated heterocycles. The zero-order chi connectivity index (χ0) is 16.1. The van der Waals surface area contributed by atoms with Crippen LogP contribution in [0.4, 0.5) is 8.78 Å². The predicted molar refractivity (Wildman–Crippen MR) is 78.6 cm³/mol. The van der Waals surface area contributed by atoms with Gasteiger partial charge in [-0.3, -0.25) is 4.79 Å².